The molecule has 0 spiro atoms. The number of alkyl halides is 3. The van der Waals surface area contributed by atoms with Crippen molar-refractivity contribution in [2.45, 2.75) is 19.1 Å². The molecule has 4 aromatic rings. The van der Waals surface area contributed by atoms with Gasteiger partial charge in [-0.2, -0.15) is 17.9 Å². The number of rotatable bonds is 5. The standard InChI is InChI=1S/C19H14F3N9O/c1-11(28-17(32)12-7-13(9-24-8-12)19(20,21)22)16-29-15(14-10-23-5-6-25-14)30-31(16)18-26-3-2-4-27-18/h2-11H,1H3,(H,28,32). The number of halogens is 3. The topological polar surface area (TPSA) is 124 Å². The van der Waals surface area contributed by atoms with E-state index >= 15 is 0 Å². The summed E-state index contributed by atoms with van der Waals surface area (Å²) in [7, 11) is 0. The van der Waals surface area contributed by atoms with E-state index in [-0.39, 0.29) is 23.2 Å². The maximum atomic E-state index is 12.9. The summed E-state index contributed by atoms with van der Waals surface area (Å²) >= 11 is 0. The number of pyridine rings is 1. The van der Waals surface area contributed by atoms with Crippen molar-refractivity contribution < 1.29 is 18.0 Å². The Hall–Kier alpha value is -4.29. The van der Waals surface area contributed by atoms with Crippen molar-refractivity contribution in [3.05, 3.63) is 72.5 Å². The summed E-state index contributed by atoms with van der Waals surface area (Å²) in [5.41, 5.74) is -0.893. The molecule has 0 saturated heterocycles. The summed E-state index contributed by atoms with van der Waals surface area (Å²) in [4.78, 5) is 37.0. The van der Waals surface area contributed by atoms with Gasteiger partial charge in [0, 0.05) is 37.2 Å². The molecule has 1 amide bonds. The number of hydrogen-bond acceptors (Lipinski definition) is 8. The van der Waals surface area contributed by atoms with Crippen molar-refractivity contribution >= 4 is 5.91 Å². The van der Waals surface area contributed by atoms with E-state index in [1.54, 1.807) is 13.0 Å². The zero-order chi connectivity index (χ0) is 22.7. The number of carbonyl (C=O) groups excluding carboxylic acids is 1. The lowest BCUT2D eigenvalue weighted by Gasteiger charge is -2.14. The number of aromatic nitrogens is 8. The van der Waals surface area contributed by atoms with Gasteiger partial charge in [0.05, 0.1) is 23.4 Å². The first-order valence-corrected chi connectivity index (χ1v) is 9.17. The van der Waals surface area contributed by atoms with E-state index in [0.717, 1.165) is 12.3 Å². The van der Waals surface area contributed by atoms with E-state index in [0.29, 0.717) is 11.9 Å². The number of nitrogens with zero attached hydrogens (tertiary/aromatic N) is 8. The molecule has 0 saturated carbocycles. The maximum Gasteiger partial charge on any atom is 0.417 e. The van der Waals surface area contributed by atoms with Gasteiger partial charge in [-0.15, -0.1) is 5.10 Å². The third-order valence-corrected chi connectivity index (χ3v) is 4.23. The molecular weight excluding hydrogens is 427 g/mol. The molecule has 1 N–H and O–H groups in total. The lowest BCUT2D eigenvalue weighted by molar-refractivity contribution is -0.137. The van der Waals surface area contributed by atoms with Gasteiger partial charge in [-0.25, -0.2) is 19.9 Å². The van der Waals surface area contributed by atoms with Crippen molar-refractivity contribution in [1.29, 1.82) is 0 Å². The number of carbonyl (C=O) groups is 1. The summed E-state index contributed by atoms with van der Waals surface area (Å²) in [6.45, 7) is 1.60. The minimum atomic E-state index is -4.62. The quantitative estimate of drug-likeness (QED) is 0.501. The average Bonchev–Trinajstić information content (AvgIpc) is 3.25. The molecule has 0 aliphatic heterocycles. The van der Waals surface area contributed by atoms with Gasteiger partial charge in [0.2, 0.25) is 5.82 Å². The Bertz CT molecular complexity index is 1230. The molecule has 1 atom stereocenters. The van der Waals surface area contributed by atoms with Crippen LogP contribution in [0.25, 0.3) is 17.5 Å². The molecule has 0 fully saturated rings. The molecule has 0 aliphatic carbocycles. The highest BCUT2D eigenvalue weighted by Crippen LogP contribution is 2.29. The minimum Gasteiger partial charge on any atom is -0.342 e. The van der Waals surface area contributed by atoms with Crippen LogP contribution in [0.5, 0.6) is 0 Å². The third kappa shape index (κ3) is 4.40. The molecule has 4 heterocycles. The van der Waals surface area contributed by atoms with Gasteiger partial charge in [-0.3, -0.25) is 14.8 Å². The van der Waals surface area contributed by atoms with Gasteiger partial charge in [0.1, 0.15) is 5.69 Å². The van der Waals surface area contributed by atoms with Crippen LogP contribution in [0, 0.1) is 0 Å². The first-order chi connectivity index (χ1) is 15.3. The Kier molecular flexibility index (Phi) is 5.54. The highest BCUT2D eigenvalue weighted by molar-refractivity contribution is 5.94. The zero-order valence-corrected chi connectivity index (χ0v) is 16.4. The predicted octanol–water partition coefficient (Wildman–Crippen LogP) is 2.42. The summed E-state index contributed by atoms with van der Waals surface area (Å²) in [5.74, 6) is -0.125. The van der Waals surface area contributed by atoms with Gasteiger partial charge in [-0.1, -0.05) is 0 Å². The lowest BCUT2D eigenvalue weighted by atomic mass is 10.2. The molecule has 0 bridgehead atoms. The van der Waals surface area contributed by atoms with Crippen LogP contribution in [0.15, 0.2) is 55.5 Å². The second-order valence-electron chi connectivity index (χ2n) is 6.50. The van der Waals surface area contributed by atoms with Gasteiger partial charge >= 0.3 is 6.18 Å². The summed E-state index contributed by atoms with van der Waals surface area (Å²) < 4.78 is 40.2. The summed E-state index contributed by atoms with van der Waals surface area (Å²) in [6, 6.07) is 1.57. The molecule has 32 heavy (non-hydrogen) atoms. The maximum absolute atomic E-state index is 12.9. The van der Waals surface area contributed by atoms with Crippen molar-refractivity contribution in [2.75, 3.05) is 0 Å². The van der Waals surface area contributed by atoms with E-state index in [2.05, 4.69) is 40.3 Å². The summed E-state index contributed by atoms with van der Waals surface area (Å²) in [6.07, 6.45) is 4.52. The number of amides is 1. The molecule has 0 aromatic carbocycles. The molecule has 4 rings (SSSR count). The van der Waals surface area contributed by atoms with Crippen LogP contribution in [0.1, 0.15) is 34.7 Å². The third-order valence-electron chi connectivity index (χ3n) is 4.23. The Morgan fingerprint density at radius 1 is 1.03 bits per heavy atom. The molecule has 13 heteroatoms. The molecule has 1 unspecified atom stereocenters. The predicted molar refractivity (Wildman–Crippen MR) is 103 cm³/mol. The second kappa shape index (κ2) is 8.45. The van der Waals surface area contributed by atoms with Crippen molar-refractivity contribution in [3.63, 3.8) is 0 Å². The average molecular weight is 441 g/mol. The van der Waals surface area contributed by atoms with Crippen molar-refractivity contribution in [1.82, 2.24) is 45.0 Å². The monoisotopic (exact) mass is 441 g/mol. The number of hydrogen-bond donors (Lipinski definition) is 1. The van der Waals surface area contributed by atoms with Crippen LogP contribution in [0.4, 0.5) is 13.2 Å². The van der Waals surface area contributed by atoms with Gasteiger partial charge < -0.3 is 5.32 Å². The van der Waals surface area contributed by atoms with E-state index < -0.39 is 23.7 Å². The molecular formula is C19H14F3N9O. The Morgan fingerprint density at radius 2 is 1.81 bits per heavy atom. The zero-order valence-electron chi connectivity index (χ0n) is 16.4. The molecule has 10 nitrogen and oxygen atoms in total. The van der Waals surface area contributed by atoms with Crippen LogP contribution >= 0.6 is 0 Å². The first-order valence-electron chi connectivity index (χ1n) is 9.17. The van der Waals surface area contributed by atoms with Gasteiger partial charge in [0.15, 0.2) is 5.82 Å². The largest absolute Gasteiger partial charge is 0.417 e. The van der Waals surface area contributed by atoms with E-state index in [9.17, 15) is 18.0 Å². The fourth-order valence-electron chi connectivity index (χ4n) is 2.74. The van der Waals surface area contributed by atoms with Gasteiger partial charge in [0.25, 0.3) is 11.9 Å². The smallest absolute Gasteiger partial charge is 0.342 e. The van der Waals surface area contributed by atoms with Crippen LogP contribution in [-0.2, 0) is 6.18 Å². The second-order valence-corrected chi connectivity index (χ2v) is 6.50. The van der Waals surface area contributed by atoms with Crippen LogP contribution < -0.4 is 5.32 Å². The van der Waals surface area contributed by atoms with E-state index in [1.165, 1.54) is 35.7 Å². The Labute approximate surface area is 178 Å². The lowest BCUT2D eigenvalue weighted by Crippen LogP contribution is -2.29. The normalized spacial score (nSPS) is 12.4. The van der Waals surface area contributed by atoms with Gasteiger partial charge in [-0.05, 0) is 19.1 Å². The molecule has 0 aliphatic rings. The molecule has 162 valence electrons. The Balaban J connectivity index is 1.66. The highest BCUT2D eigenvalue weighted by Gasteiger charge is 2.32. The number of nitrogens with one attached hydrogen (secondary N) is 1. The van der Waals surface area contributed by atoms with Crippen molar-refractivity contribution in [3.8, 4) is 17.5 Å². The van der Waals surface area contributed by atoms with E-state index in [4.69, 9.17) is 0 Å². The SMILES string of the molecule is CC(NC(=O)c1cncc(C(F)(F)F)c1)c1nc(-c2cnccn2)nn1-c1ncccn1. The van der Waals surface area contributed by atoms with Crippen LogP contribution in [0.2, 0.25) is 0 Å². The highest BCUT2D eigenvalue weighted by atomic mass is 19.4. The molecule has 4 aromatic heterocycles. The van der Waals surface area contributed by atoms with Crippen molar-refractivity contribution in [2.24, 2.45) is 0 Å². The molecule has 0 radical (unpaired) electrons. The first kappa shape index (κ1) is 21.0. The Morgan fingerprint density at radius 3 is 2.50 bits per heavy atom. The minimum absolute atomic E-state index is 0.187. The van der Waals surface area contributed by atoms with Crippen LogP contribution in [-0.4, -0.2) is 45.6 Å². The van der Waals surface area contributed by atoms with Crippen LogP contribution in [0.3, 0.4) is 0 Å². The van der Waals surface area contributed by atoms with E-state index in [1.807, 2.05) is 0 Å². The fraction of sp³-hybridized carbons (Fsp3) is 0.158. The fourth-order valence-corrected chi connectivity index (χ4v) is 2.74. The summed E-state index contributed by atoms with van der Waals surface area (Å²) in [5, 5.41) is 6.97.